The molecule has 0 saturated carbocycles. The van der Waals surface area contributed by atoms with E-state index in [2.05, 4.69) is 31.3 Å². The van der Waals surface area contributed by atoms with Crippen molar-refractivity contribution >= 4 is 11.6 Å². The Hall–Kier alpha value is -0.530. The predicted octanol–water partition coefficient (Wildman–Crippen LogP) is 3.36. The van der Waals surface area contributed by atoms with Crippen LogP contribution in [0.25, 0.3) is 0 Å². The summed E-state index contributed by atoms with van der Waals surface area (Å²) in [6.07, 6.45) is 1.24. The lowest BCUT2D eigenvalue weighted by Crippen LogP contribution is -2.34. The maximum atomic E-state index is 5.98. The van der Waals surface area contributed by atoms with E-state index < -0.39 is 0 Å². The molecule has 1 fully saturated rings. The Morgan fingerprint density at radius 3 is 2.87 bits per heavy atom. The van der Waals surface area contributed by atoms with Crippen molar-refractivity contribution in [2.75, 3.05) is 13.1 Å². The third-order valence-corrected chi connectivity index (χ3v) is 3.65. The molecular weight excluding hydrogens is 206 g/mol. The summed E-state index contributed by atoms with van der Waals surface area (Å²) in [7, 11) is 0. The van der Waals surface area contributed by atoms with Gasteiger partial charge in [0, 0.05) is 5.02 Å². The normalized spacial score (nSPS) is 26.6. The molecule has 0 amide bonds. The van der Waals surface area contributed by atoms with E-state index in [1.54, 1.807) is 0 Å². The molecule has 0 radical (unpaired) electrons. The number of rotatable bonds is 1. The van der Waals surface area contributed by atoms with Crippen molar-refractivity contribution in [3.63, 3.8) is 0 Å². The third kappa shape index (κ3) is 2.35. The van der Waals surface area contributed by atoms with Gasteiger partial charge in [-0.3, -0.25) is 0 Å². The third-order valence-electron chi connectivity index (χ3n) is 3.42. The highest BCUT2D eigenvalue weighted by molar-refractivity contribution is 6.30. The Bertz CT molecular complexity index is 348. The first-order chi connectivity index (χ1) is 7.18. The van der Waals surface area contributed by atoms with E-state index in [1.807, 2.05) is 6.07 Å². The molecule has 2 heteroatoms. The van der Waals surface area contributed by atoms with Gasteiger partial charge in [0.2, 0.25) is 0 Å². The van der Waals surface area contributed by atoms with Crippen LogP contribution in [-0.4, -0.2) is 13.1 Å². The zero-order valence-electron chi connectivity index (χ0n) is 9.39. The van der Waals surface area contributed by atoms with Crippen LogP contribution in [0.1, 0.15) is 30.4 Å². The van der Waals surface area contributed by atoms with Crippen LogP contribution in [0, 0.1) is 12.8 Å². The minimum Gasteiger partial charge on any atom is -0.316 e. The Kier molecular flexibility index (Phi) is 3.32. The standard InChI is InChI=1S/C13H18ClN/c1-9-7-11(14)3-4-12(9)13-5-6-15-8-10(13)2/h3-4,7,10,13,15H,5-6,8H2,1-2H3/t10-,13+/m0/s1. The van der Waals surface area contributed by atoms with Crippen molar-refractivity contribution in [1.29, 1.82) is 0 Å². The lowest BCUT2D eigenvalue weighted by molar-refractivity contribution is 0.348. The predicted molar refractivity (Wildman–Crippen MR) is 65.6 cm³/mol. The molecule has 0 spiro atoms. The molecular formula is C13H18ClN. The molecule has 2 atom stereocenters. The lowest BCUT2D eigenvalue weighted by Gasteiger charge is -2.31. The largest absolute Gasteiger partial charge is 0.316 e. The first kappa shape index (κ1) is 11.0. The van der Waals surface area contributed by atoms with Crippen molar-refractivity contribution in [2.24, 2.45) is 5.92 Å². The minimum atomic E-state index is 0.698. The molecule has 0 aliphatic carbocycles. The average Bonchev–Trinajstić information content (AvgIpc) is 2.20. The summed E-state index contributed by atoms with van der Waals surface area (Å²) in [6.45, 7) is 6.75. The van der Waals surface area contributed by atoms with Gasteiger partial charge in [-0.1, -0.05) is 24.6 Å². The summed E-state index contributed by atoms with van der Waals surface area (Å²) in [5.74, 6) is 1.42. The van der Waals surface area contributed by atoms with E-state index in [1.165, 1.54) is 17.5 Å². The van der Waals surface area contributed by atoms with Gasteiger partial charge in [0.1, 0.15) is 0 Å². The summed E-state index contributed by atoms with van der Waals surface area (Å²) >= 11 is 5.98. The van der Waals surface area contributed by atoms with Crippen molar-refractivity contribution in [3.8, 4) is 0 Å². The summed E-state index contributed by atoms with van der Waals surface area (Å²) < 4.78 is 0. The van der Waals surface area contributed by atoms with Gasteiger partial charge in [0.05, 0.1) is 0 Å². The van der Waals surface area contributed by atoms with Crippen molar-refractivity contribution in [1.82, 2.24) is 5.32 Å². The van der Waals surface area contributed by atoms with Crippen LogP contribution >= 0.6 is 11.6 Å². The summed E-state index contributed by atoms with van der Waals surface area (Å²) in [4.78, 5) is 0. The van der Waals surface area contributed by atoms with Crippen molar-refractivity contribution < 1.29 is 0 Å². The maximum absolute atomic E-state index is 5.98. The van der Waals surface area contributed by atoms with E-state index >= 15 is 0 Å². The molecule has 1 saturated heterocycles. The van der Waals surface area contributed by atoms with Crippen LogP contribution in [0.3, 0.4) is 0 Å². The Labute approximate surface area is 96.8 Å². The summed E-state index contributed by atoms with van der Waals surface area (Å²) in [6, 6.07) is 6.29. The van der Waals surface area contributed by atoms with Gasteiger partial charge < -0.3 is 5.32 Å². The van der Waals surface area contributed by atoms with E-state index in [-0.39, 0.29) is 0 Å². The van der Waals surface area contributed by atoms with Crippen LogP contribution in [0.15, 0.2) is 18.2 Å². The Balaban J connectivity index is 2.27. The van der Waals surface area contributed by atoms with Gasteiger partial charge in [0.15, 0.2) is 0 Å². The fraction of sp³-hybridized carbons (Fsp3) is 0.538. The molecule has 0 bridgehead atoms. The van der Waals surface area contributed by atoms with Gasteiger partial charge in [0.25, 0.3) is 0 Å². The monoisotopic (exact) mass is 223 g/mol. The molecule has 1 N–H and O–H groups in total. The number of aryl methyl sites for hydroxylation is 1. The average molecular weight is 224 g/mol. The molecule has 1 aliphatic rings. The van der Waals surface area contributed by atoms with Crippen molar-refractivity contribution in [3.05, 3.63) is 34.3 Å². The second kappa shape index (κ2) is 4.54. The molecule has 1 heterocycles. The van der Waals surface area contributed by atoms with E-state index in [9.17, 15) is 0 Å². The number of hydrogen-bond donors (Lipinski definition) is 1. The molecule has 1 aliphatic heterocycles. The molecule has 1 aromatic rings. The number of piperidine rings is 1. The van der Waals surface area contributed by atoms with Crippen molar-refractivity contribution in [2.45, 2.75) is 26.2 Å². The zero-order valence-corrected chi connectivity index (χ0v) is 10.1. The molecule has 1 nitrogen and oxygen atoms in total. The van der Waals surface area contributed by atoms with E-state index in [4.69, 9.17) is 11.6 Å². The highest BCUT2D eigenvalue weighted by atomic mass is 35.5. The second-order valence-corrected chi connectivity index (χ2v) is 5.01. The molecule has 82 valence electrons. The van der Waals surface area contributed by atoms with Crippen LogP contribution in [0.2, 0.25) is 5.02 Å². The molecule has 2 rings (SSSR count). The summed E-state index contributed by atoms with van der Waals surface area (Å²) in [5.41, 5.74) is 2.81. The molecule has 0 aromatic heterocycles. The Morgan fingerprint density at radius 2 is 2.20 bits per heavy atom. The second-order valence-electron chi connectivity index (χ2n) is 4.58. The lowest BCUT2D eigenvalue weighted by atomic mass is 9.80. The van der Waals surface area contributed by atoms with E-state index in [0.717, 1.165) is 24.0 Å². The minimum absolute atomic E-state index is 0.698. The highest BCUT2D eigenvalue weighted by Crippen LogP contribution is 2.32. The van der Waals surface area contributed by atoms with E-state index in [0.29, 0.717) is 5.92 Å². The fourth-order valence-corrected chi connectivity index (χ4v) is 2.76. The van der Waals surface area contributed by atoms with Crippen LogP contribution in [-0.2, 0) is 0 Å². The summed E-state index contributed by atoms with van der Waals surface area (Å²) in [5, 5.41) is 4.28. The van der Waals surface area contributed by atoms with Gasteiger partial charge in [-0.2, -0.15) is 0 Å². The molecule has 0 unspecified atom stereocenters. The van der Waals surface area contributed by atoms with Gasteiger partial charge in [-0.15, -0.1) is 0 Å². The SMILES string of the molecule is Cc1cc(Cl)ccc1[C@@H]1CCNC[C@@H]1C. The Morgan fingerprint density at radius 1 is 1.40 bits per heavy atom. The number of benzene rings is 1. The topological polar surface area (TPSA) is 12.0 Å². The van der Waals surface area contributed by atoms with Crippen LogP contribution in [0.5, 0.6) is 0 Å². The molecule has 15 heavy (non-hydrogen) atoms. The van der Waals surface area contributed by atoms with Crippen LogP contribution < -0.4 is 5.32 Å². The fourth-order valence-electron chi connectivity index (χ4n) is 2.53. The number of hydrogen-bond acceptors (Lipinski definition) is 1. The highest BCUT2D eigenvalue weighted by Gasteiger charge is 2.23. The molecule has 1 aromatic carbocycles. The number of halogens is 1. The van der Waals surface area contributed by atoms with Crippen LogP contribution in [0.4, 0.5) is 0 Å². The number of nitrogens with one attached hydrogen (secondary N) is 1. The van der Waals surface area contributed by atoms with Gasteiger partial charge >= 0.3 is 0 Å². The first-order valence-corrected chi connectivity index (χ1v) is 6.03. The van der Waals surface area contributed by atoms with Gasteiger partial charge in [-0.25, -0.2) is 0 Å². The van der Waals surface area contributed by atoms with Gasteiger partial charge in [-0.05, 0) is 61.5 Å². The first-order valence-electron chi connectivity index (χ1n) is 5.65. The maximum Gasteiger partial charge on any atom is 0.0408 e. The quantitative estimate of drug-likeness (QED) is 0.770. The zero-order chi connectivity index (χ0) is 10.8. The smallest absolute Gasteiger partial charge is 0.0408 e.